The van der Waals surface area contributed by atoms with Crippen molar-refractivity contribution in [1.82, 2.24) is 0 Å². The summed E-state index contributed by atoms with van der Waals surface area (Å²) < 4.78 is 5.92. The molecule has 0 fully saturated rings. The molecule has 0 amide bonds. The Morgan fingerprint density at radius 1 is 0.862 bits per heavy atom. The zero-order valence-electron chi connectivity index (χ0n) is 15.4. The van der Waals surface area contributed by atoms with E-state index in [1.807, 2.05) is 0 Å². The number of carbonyl (C=O) groups is 3. The van der Waals surface area contributed by atoms with E-state index in [-0.39, 0.29) is 28.7 Å². The lowest BCUT2D eigenvalue weighted by Crippen LogP contribution is -2.34. The van der Waals surface area contributed by atoms with E-state index in [9.17, 15) is 14.4 Å². The highest BCUT2D eigenvalue weighted by atomic mass is 16.5. The second kappa shape index (κ2) is 6.39. The van der Waals surface area contributed by atoms with Crippen LogP contribution < -0.4 is 0 Å². The number of hydrogen-bond acceptors (Lipinski definition) is 5. The van der Waals surface area contributed by atoms with Crippen molar-refractivity contribution in [2.24, 2.45) is 0 Å². The van der Waals surface area contributed by atoms with E-state index in [1.165, 1.54) is 0 Å². The average molecular weight is 381 g/mol. The summed E-state index contributed by atoms with van der Waals surface area (Å²) >= 11 is 0. The molecule has 0 radical (unpaired) electrons. The second-order valence-electron chi connectivity index (χ2n) is 7.33. The first-order valence-electron chi connectivity index (χ1n) is 9.47. The summed E-state index contributed by atoms with van der Waals surface area (Å²) in [6.45, 7) is 0. The van der Waals surface area contributed by atoms with Crippen LogP contribution in [0.5, 0.6) is 0 Å². The highest BCUT2D eigenvalue weighted by Crippen LogP contribution is 2.48. The van der Waals surface area contributed by atoms with Gasteiger partial charge in [0.15, 0.2) is 17.3 Å². The highest BCUT2D eigenvalue weighted by Gasteiger charge is 2.45. The van der Waals surface area contributed by atoms with Gasteiger partial charge in [0.25, 0.3) is 0 Å². The van der Waals surface area contributed by atoms with Crippen LogP contribution in [0.15, 0.2) is 71.2 Å². The van der Waals surface area contributed by atoms with Crippen LogP contribution in [0.1, 0.15) is 57.0 Å². The number of Topliss-reactive ketones (excluding diaryl/α,β-unsaturated/α-hetero) is 3. The van der Waals surface area contributed by atoms with Crippen molar-refractivity contribution >= 4 is 17.3 Å². The number of ether oxygens (including phenoxy) is 1. The van der Waals surface area contributed by atoms with Crippen molar-refractivity contribution < 1.29 is 19.1 Å². The Hall–Kier alpha value is -3.78. The lowest BCUT2D eigenvalue weighted by molar-refractivity contribution is -0.116. The van der Waals surface area contributed by atoms with E-state index in [0.717, 1.165) is 0 Å². The number of nitrogens with zero attached hydrogens (tertiary/aromatic N) is 1. The fourth-order valence-corrected chi connectivity index (χ4v) is 4.35. The largest absolute Gasteiger partial charge is 0.457 e. The van der Waals surface area contributed by atoms with Gasteiger partial charge in [-0.3, -0.25) is 14.4 Å². The fourth-order valence-electron chi connectivity index (χ4n) is 4.35. The molecule has 2 aromatic rings. The first-order valence-corrected chi connectivity index (χ1v) is 9.47. The van der Waals surface area contributed by atoms with Crippen LogP contribution in [0.2, 0.25) is 0 Å². The normalized spacial score (nSPS) is 20.5. The van der Waals surface area contributed by atoms with Crippen LogP contribution in [0.25, 0.3) is 0 Å². The van der Waals surface area contributed by atoms with Gasteiger partial charge in [0.2, 0.25) is 5.78 Å². The molecule has 1 unspecified atom stereocenters. The van der Waals surface area contributed by atoms with Gasteiger partial charge in [0.1, 0.15) is 5.76 Å². The molecule has 29 heavy (non-hydrogen) atoms. The zero-order chi connectivity index (χ0) is 20.1. The van der Waals surface area contributed by atoms with Crippen molar-refractivity contribution in [3.8, 4) is 6.07 Å². The molecule has 2 aromatic carbocycles. The molecule has 0 saturated carbocycles. The minimum Gasteiger partial charge on any atom is -0.457 e. The lowest BCUT2D eigenvalue weighted by Gasteiger charge is -2.35. The summed E-state index contributed by atoms with van der Waals surface area (Å²) in [5.41, 5.74) is 2.50. The summed E-state index contributed by atoms with van der Waals surface area (Å²) in [7, 11) is 0. The number of rotatable bonds is 1. The average Bonchev–Trinajstić information content (AvgIpc) is 2.76. The molecule has 5 nitrogen and oxygen atoms in total. The van der Waals surface area contributed by atoms with E-state index in [0.29, 0.717) is 52.8 Å². The molecule has 0 bridgehead atoms. The minimum absolute atomic E-state index is 0.0245. The molecule has 2 aliphatic carbocycles. The Bertz CT molecular complexity index is 1210. The molecular formula is C24H15NO4. The molecule has 1 heterocycles. The molecule has 5 rings (SSSR count). The Morgan fingerprint density at radius 2 is 1.55 bits per heavy atom. The Labute approximate surface area is 166 Å². The van der Waals surface area contributed by atoms with E-state index in [4.69, 9.17) is 10.00 Å². The van der Waals surface area contributed by atoms with Crippen LogP contribution in [0, 0.1) is 11.3 Å². The Kier molecular flexibility index (Phi) is 3.82. The van der Waals surface area contributed by atoms with Gasteiger partial charge in [-0.25, -0.2) is 0 Å². The number of nitriles is 1. The number of hydrogen-bond donors (Lipinski definition) is 0. The van der Waals surface area contributed by atoms with Gasteiger partial charge in [-0.05, 0) is 24.1 Å². The van der Waals surface area contributed by atoms with Gasteiger partial charge in [-0.1, -0.05) is 36.4 Å². The van der Waals surface area contributed by atoms with E-state index in [1.54, 1.807) is 48.5 Å². The second-order valence-corrected chi connectivity index (χ2v) is 7.33. The number of ketones is 3. The molecule has 1 atom stereocenters. The van der Waals surface area contributed by atoms with Crippen molar-refractivity contribution in [2.45, 2.75) is 25.2 Å². The zero-order valence-corrected chi connectivity index (χ0v) is 15.4. The number of benzene rings is 2. The third-order valence-corrected chi connectivity index (χ3v) is 5.70. The molecule has 0 spiro atoms. The molecule has 5 heteroatoms. The maximum Gasteiger partial charge on any atom is 0.229 e. The molecule has 0 N–H and O–H groups in total. The summed E-state index contributed by atoms with van der Waals surface area (Å²) in [5.74, 6) is -0.857. The van der Waals surface area contributed by atoms with Crippen molar-refractivity contribution in [3.63, 3.8) is 0 Å². The monoisotopic (exact) mass is 381 g/mol. The van der Waals surface area contributed by atoms with Crippen molar-refractivity contribution in [3.05, 3.63) is 93.4 Å². The Morgan fingerprint density at radius 3 is 2.24 bits per heavy atom. The lowest BCUT2D eigenvalue weighted by atomic mass is 9.71. The van der Waals surface area contributed by atoms with Gasteiger partial charge in [-0.15, -0.1) is 0 Å². The summed E-state index contributed by atoms with van der Waals surface area (Å²) in [4.78, 5) is 39.4. The van der Waals surface area contributed by atoms with Crippen LogP contribution in [0.4, 0.5) is 0 Å². The van der Waals surface area contributed by atoms with E-state index < -0.39 is 5.92 Å². The molecule has 3 aliphatic rings. The molecular weight excluding hydrogens is 366 g/mol. The van der Waals surface area contributed by atoms with Gasteiger partial charge in [0, 0.05) is 35.5 Å². The minimum atomic E-state index is -0.668. The third kappa shape index (κ3) is 2.50. The van der Waals surface area contributed by atoms with Gasteiger partial charge >= 0.3 is 0 Å². The first-order chi connectivity index (χ1) is 14.1. The van der Waals surface area contributed by atoms with Gasteiger partial charge < -0.3 is 4.74 Å². The standard InChI is InChI=1S/C24H15NO4/c25-12-13-8-10-14(11-9-13)19-20-17(26)6-3-7-18(20)29-24-21(19)22(27)15-4-1-2-5-16(15)23(24)28/h1-2,4-5,8-11,19H,3,6-7H2. The summed E-state index contributed by atoms with van der Waals surface area (Å²) in [6, 6.07) is 15.5. The van der Waals surface area contributed by atoms with Crippen LogP contribution in [0.3, 0.4) is 0 Å². The third-order valence-electron chi connectivity index (χ3n) is 5.70. The quantitative estimate of drug-likeness (QED) is 0.745. The van der Waals surface area contributed by atoms with Crippen LogP contribution in [-0.4, -0.2) is 17.3 Å². The number of fused-ring (bicyclic) bond motifs is 1. The van der Waals surface area contributed by atoms with Crippen molar-refractivity contribution in [2.75, 3.05) is 0 Å². The molecule has 1 aliphatic heterocycles. The predicted molar refractivity (Wildman–Crippen MR) is 103 cm³/mol. The predicted octanol–water partition coefficient (Wildman–Crippen LogP) is 4.01. The molecule has 0 saturated heterocycles. The molecule has 0 aromatic heterocycles. The molecule has 140 valence electrons. The number of allylic oxidation sites excluding steroid dienone is 4. The van der Waals surface area contributed by atoms with Gasteiger partial charge in [-0.2, -0.15) is 5.26 Å². The summed E-state index contributed by atoms with van der Waals surface area (Å²) in [6.07, 6.45) is 1.59. The smallest absolute Gasteiger partial charge is 0.229 e. The highest BCUT2D eigenvalue weighted by molar-refractivity contribution is 6.27. The maximum atomic E-state index is 13.4. The van der Waals surface area contributed by atoms with E-state index in [2.05, 4.69) is 6.07 Å². The van der Waals surface area contributed by atoms with E-state index >= 15 is 0 Å². The number of carbonyl (C=O) groups excluding carboxylic acids is 3. The van der Waals surface area contributed by atoms with Crippen LogP contribution in [-0.2, 0) is 9.53 Å². The maximum absolute atomic E-state index is 13.4. The van der Waals surface area contributed by atoms with Gasteiger partial charge in [0.05, 0.1) is 17.2 Å². The first kappa shape index (κ1) is 17.3. The Balaban J connectivity index is 1.75. The fraction of sp³-hybridized carbons (Fsp3) is 0.167. The van der Waals surface area contributed by atoms with Crippen LogP contribution >= 0.6 is 0 Å². The summed E-state index contributed by atoms with van der Waals surface area (Å²) in [5, 5.41) is 9.10. The topological polar surface area (TPSA) is 84.2 Å². The SMILES string of the molecule is N#Cc1ccc(C2C3=C(CCCC3=O)OC3=C2C(=O)c2ccccc2C3=O)cc1. The van der Waals surface area contributed by atoms with Crippen molar-refractivity contribution in [1.29, 1.82) is 5.26 Å².